The van der Waals surface area contributed by atoms with Crippen LogP contribution in [-0.2, 0) is 6.54 Å². The van der Waals surface area contributed by atoms with E-state index in [-0.39, 0.29) is 0 Å². The summed E-state index contributed by atoms with van der Waals surface area (Å²) in [5.74, 6) is 0. The van der Waals surface area contributed by atoms with E-state index in [1.165, 1.54) is 32.7 Å². The highest BCUT2D eigenvalue weighted by Crippen LogP contribution is 2.30. The number of rotatable bonds is 3. The van der Waals surface area contributed by atoms with Gasteiger partial charge in [-0.25, -0.2) is 0 Å². The molecule has 1 nitrogen and oxygen atoms in total. The van der Waals surface area contributed by atoms with Gasteiger partial charge in [-0.1, -0.05) is 12.1 Å². The second-order valence-electron chi connectivity index (χ2n) is 4.58. The third-order valence-corrected chi connectivity index (χ3v) is 4.09. The van der Waals surface area contributed by atoms with Crippen molar-refractivity contribution >= 4 is 11.3 Å². The van der Waals surface area contributed by atoms with Crippen LogP contribution in [0, 0.1) is 20.8 Å². The van der Waals surface area contributed by atoms with E-state index in [1.54, 1.807) is 0 Å². The summed E-state index contributed by atoms with van der Waals surface area (Å²) >= 11 is 1.83. The molecule has 0 unspecified atom stereocenters. The molecule has 0 aliphatic heterocycles. The molecule has 0 saturated heterocycles. The largest absolute Gasteiger partial charge is 0.315 e. The van der Waals surface area contributed by atoms with E-state index in [1.807, 2.05) is 18.4 Å². The minimum absolute atomic E-state index is 0.953. The van der Waals surface area contributed by atoms with Crippen molar-refractivity contribution in [3.05, 3.63) is 45.1 Å². The van der Waals surface area contributed by atoms with Gasteiger partial charge in [0, 0.05) is 11.4 Å². The number of nitrogens with one attached hydrogen (secondary N) is 1. The highest BCUT2D eigenvalue weighted by molar-refractivity contribution is 7.10. The lowest BCUT2D eigenvalue weighted by atomic mass is 9.97. The molecule has 1 N–H and O–H groups in total. The zero-order chi connectivity index (χ0) is 12.4. The fourth-order valence-corrected chi connectivity index (χ4v) is 2.96. The van der Waals surface area contributed by atoms with Gasteiger partial charge in [0.15, 0.2) is 0 Å². The molecule has 0 atom stereocenters. The van der Waals surface area contributed by atoms with Crippen molar-refractivity contribution in [1.82, 2.24) is 5.32 Å². The van der Waals surface area contributed by atoms with E-state index in [2.05, 4.69) is 49.7 Å². The van der Waals surface area contributed by atoms with Crippen molar-refractivity contribution in [2.75, 3.05) is 7.05 Å². The quantitative estimate of drug-likeness (QED) is 0.860. The molecule has 1 heterocycles. The Bertz CT molecular complexity index is 526. The third kappa shape index (κ3) is 2.59. The zero-order valence-corrected chi connectivity index (χ0v) is 11.7. The van der Waals surface area contributed by atoms with Gasteiger partial charge in [-0.3, -0.25) is 0 Å². The van der Waals surface area contributed by atoms with Crippen LogP contribution in [0.1, 0.15) is 21.6 Å². The predicted octanol–water partition coefficient (Wildman–Crippen LogP) is 4.06. The fraction of sp³-hybridized carbons (Fsp3) is 0.333. The van der Waals surface area contributed by atoms with Gasteiger partial charge in [0.05, 0.1) is 0 Å². The molecule has 0 radical (unpaired) electrons. The first-order valence-corrected chi connectivity index (χ1v) is 6.80. The highest BCUT2D eigenvalue weighted by Gasteiger charge is 2.06. The van der Waals surface area contributed by atoms with Crippen LogP contribution in [0.25, 0.3) is 11.1 Å². The molecule has 17 heavy (non-hydrogen) atoms. The van der Waals surface area contributed by atoms with Crippen molar-refractivity contribution < 1.29 is 0 Å². The van der Waals surface area contributed by atoms with Crippen LogP contribution in [0.4, 0.5) is 0 Å². The number of aryl methyl sites for hydroxylation is 3. The van der Waals surface area contributed by atoms with E-state index < -0.39 is 0 Å². The Hall–Kier alpha value is -1.12. The van der Waals surface area contributed by atoms with Gasteiger partial charge >= 0.3 is 0 Å². The second-order valence-corrected chi connectivity index (χ2v) is 5.58. The summed E-state index contributed by atoms with van der Waals surface area (Å²) in [6, 6.07) is 6.87. The first kappa shape index (κ1) is 12.3. The SMILES string of the molecule is CNCc1cc(-c2cc(C)c(C)cc2C)cs1. The molecular weight excluding hydrogens is 226 g/mol. The van der Waals surface area contributed by atoms with Gasteiger partial charge in [-0.05, 0) is 67.1 Å². The third-order valence-electron chi connectivity index (χ3n) is 3.16. The lowest BCUT2D eigenvalue weighted by molar-refractivity contribution is 0.831. The number of hydrogen-bond donors (Lipinski definition) is 1. The molecule has 0 fully saturated rings. The molecule has 0 amide bonds. The lowest BCUT2D eigenvalue weighted by Gasteiger charge is -2.08. The van der Waals surface area contributed by atoms with Crippen LogP contribution in [-0.4, -0.2) is 7.05 Å². The summed E-state index contributed by atoms with van der Waals surface area (Å²) < 4.78 is 0. The first-order chi connectivity index (χ1) is 8.11. The number of thiophene rings is 1. The van der Waals surface area contributed by atoms with Crippen LogP contribution >= 0.6 is 11.3 Å². The molecule has 0 spiro atoms. The van der Waals surface area contributed by atoms with Crippen molar-refractivity contribution in [2.24, 2.45) is 0 Å². The Morgan fingerprint density at radius 3 is 2.41 bits per heavy atom. The molecule has 2 aromatic rings. The molecule has 0 bridgehead atoms. The Kier molecular flexibility index (Phi) is 3.65. The Morgan fingerprint density at radius 1 is 1.00 bits per heavy atom. The summed E-state index contributed by atoms with van der Waals surface area (Å²) in [7, 11) is 1.99. The summed E-state index contributed by atoms with van der Waals surface area (Å²) in [5.41, 5.74) is 6.82. The maximum Gasteiger partial charge on any atom is 0.0296 e. The molecule has 0 aliphatic rings. The minimum Gasteiger partial charge on any atom is -0.315 e. The van der Waals surface area contributed by atoms with Gasteiger partial charge in [-0.2, -0.15) is 0 Å². The summed E-state index contributed by atoms with van der Waals surface area (Å²) in [5, 5.41) is 5.45. The van der Waals surface area contributed by atoms with E-state index in [0.29, 0.717) is 0 Å². The normalized spacial score (nSPS) is 10.8. The molecule has 0 saturated carbocycles. The van der Waals surface area contributed by atoms with Crippen LogP contribution < -0.4 is 5.32 Å². The molecule has 2 rings (SSSR count). The Labute approximate surface area is 108 Å². The van der Waals surface area contributed by atoms with Crippen LogP contribution in [0.3, 0.4) is 0 Å². The van der Waals surface area contributed by atoms with Gasteiger partial charge < -0.3 is 5.32 Å². The maximum absolute atomic E-state index is 3.19. The summed E-state index contributed by atoms with van der Waals surface area (Å²) in [6.07, 6.45) is 0. The Balaban J connectivity index is 2.41. The lowest BCUT2D eigenvalue weighted by Crippen LogP contribution is -2.02. The molecule has 2 heteroatoms. The fourth-order valence-electron chi connectivity index (χ4n) is 2.06. The standard InChI is InChI=1S/C15H19NS/c1-10-5-12(3)15(6-11(10)2)13-7-14(8-16-4)17-9-13/h5-7,9,16H,8H2,1-4H3. The number of hydrogen-bond acceptors (Lipinski definition) is 2. The van der Waals surface area contributed by atoms with Crippen molar-refractivity contribution in [3.63, 3.8) is 0 Å². The van der Waals surface area contributed by atoms with Crippen molar-refractivity contribution in [2.45, 2.75) is 27.3 Å². The molecule has 90 valence electrons. The van der Waals surface area contributed by atoms with Crippen molar-refractivity contribution in [1.29, 1.82) is 0 Å². The first-order valence-electron chi connectivity index (χ1n) is 5.92. The van der Waals surface area contributed by atoms with Crippen LogP contribution in [0.15, 0.2) is 23.6 Å². The highest BCUT2D eigenvalue weighted by atomic mass is 32.1. The number of benzene rings is 1. The summed E-state index contributed by atoms with van der Waals surface area (Å²) in [4.78, 5) is 1.39. The van der Waals surface area contributed by atoms with Crippen LogP contribution in [0.5, 0.6) is 0 Å². The minimum atomic E-state index is 0.953. The van der Waals surface area contributed by atoms with Gasteiger partial charge in [0.25, 0.3) is 0 Å². The average Bonchev–Trinajstić information content (AvgIpc) is 2.72. The van der Waals surface area contributed by atoms with E-state index in [0.717, 1.165) is 6.54 Å². The van der Waals surface area contributed by atoms with Gasteiger partial charge in [0.2, 0.25) is 0 Å². The summed E-state index contributed by atoms with van der Waals surface area (Å²) in [6.45, 7) is 7.50. The molecule has 1 aromatic carbocycles. The monoisotopic (exact) mass is 245 g/mol. The Morgan fingerprint density at radius 2 is 1.71 bits per heavy atom. The van der Waals surface area contributed by atoms with Crippen LogP contribution in [0.2, 0.25) is 0 Å². The topological polar surface area (TPSA) is 12.0 Å². The smallest absolute Gasteiger partial charge is 0.0296 e. The molecule has 1 aromatic heterocycles. The second kappa shape index (κ2) is 5.03. The van der Waals surface area contributed by atoms with E-state index in [9.17, 15) is 0 Å². The van der Waals surface area contributed by atoms with E-state index >= 15 is 0 Å². The van der Waals surface area contributed by atoms with Gasteiger partial charge in [0.1, 0.15) is 0 Å². The zero-order valence-electron chi connectivity index (χ0n) is 10.9. The van der Waals surface area contributed by atoms with E-state index in [4.69, 9.17) is 0 Å². The molecule has 0 aliphatic carbocycles. The predicted molar refractivity (Wildman–Crippen MR) is 76.7 cm³/mol. The average molecular weight is 245 g/mol. The molecular formula is C15H19NS. The van der Waals surface area contributed by atoms with Crippen molar-refractivity contribution in [3.8, 4) is 11.1 Å². The maximum atomic E-state index is 3.19. The van der Waals surface area contributed by atoms with Gasteiger partial charge in [-0.15, -0.1) is 11.3 Å².